The van der Waals surface area contributed by atoms with Gasteiger partial charge >= 0.3 is 5.97 Å². The number of amides is 1. The van der Waals surface area contributed by atoms with Crippen LogP contribution in [0.25, 0.3) is 0 Å². The lowest BCUT2D eigenvalue weighted by atomic mass is 10.2. The molecule has 1 aromatic rings. The summed E-state index contributed by atoms with van der Waals surface area (Å²) in [5.74, 6) is -0.528. The lowest BCUT2D eigenvalue weighted by Gasteiger charge is -2.34. The SMILES string of the molecule is CCOC(=O)c1cc(C)sc1NC(=O)CN1C[C@@H](C)O[C@@H](C)C1. The molecule has 1 aromatic heterocycles. The molecular formula is C16H24N2O4S. The lowest BCUT2D eigenvalue weighted by Crippen LogP contribution is -2.48. The van der Waals surface area contributed by atoms with E-state index in [9.17, 15) is 9.59 Å². The molecule has 2 rings (SSSR count). The molecule has 0 bridgehead atoms. The molecule has 6 nitrogen and oxygen atoms in total. The molecule has 7 heteroatoms. The molecule has 23 heavy (non-hydrogen) atoms. The monoisotopic (exact) mass is 340 g/mol. The second kappa shape index (κ2) is 7.90. The minimum Gasteiger partial charge on any atom is -0.462 e. The van der Waals surface area contributed by atoms with E-state index in [0.29, 0.717) is 17.2 Å². The van der Waals surface area contributed by atoms with Crippen molar-refractivity contribution in [3.05, 3.63) is 16.5 Å². The Hall–Kier alpha value is -1.44. The fourth-order valence-corrected chi connectivity index (χ4v) is 3.67. The first-order valence-corrected chi connectivity index (χ1v) is 8.66. The van der Waals surface area contributed by atoms with Crippen molar-refractivity contribution in [3.8, 4) is 0 Å². The van der Waals surface area contributed by atoms with Crippen LogP contribution in [0.2, 0.25) is 0 Å². The van der Waals surface area contributed by atoms with Gasteiger partial charge in [-0.25, -0.2) is 4.79 Å². The molecule has 0 saturated carbocycles. The number of nitrogens with one attached hydrogen (secondary N) is 1. The van der Waals surface area contributed by atoms with Crippen molar-refractivity contribution < 1.29 is 19.1 Å². The maximum atomic E-state index is 12.3. The van der Waals surface area contributed by atoms with E-state index >= 15 is 0 Å². The van der Waals surface area contributed by atoms with Gasteiger partial charge in [-0.3, -0.25) is 9.69 Å². The molecule has 128 valence electrons. The number of esters is 1. The molecule has 1 amide bonds. The van der Waals surface area contributed by atoms with Gasteiger partial charge in [-0.15, -0.1) is 11.3 Å². The molecule has 0 spiro atoms. The summed E-state index contributed by atoms with van der Waals surface area (Å²) in [6.45, 7) is 9.72. The van der Waals surface area contributed by atoms with Crippen LogP contribution in [0.15, 0.2) is 6.07 Å². The fourth-order valence-electron chi connectivity index (χ4n) is 2.75. The molecule has 0 unspecified atom stereocenters. The Labute approximate surface area is 140 Å². The summed E-state index contributed by atoms with van der Waals surface area (Å²) >= 11 is 1.38. The van der Waals surface area contributed by atoms with Crippen LogP contribution in [0.4, 0.5) is 5.00 Å². The lowest BCUT2D eigenvalue weighted by molar-refractivity contribution is -0.121. The van der Waals surface area contributed by atoms with Crippen molar-refractivity contribution in [2.24, 2.45) is 0 Å². The van der Waals surface area contributed by atoms with Crippen molar-refractivity contribution in [2.75, 3.05) is 31.6 Å². The second-order valence-corrected chi connectivity index (χ2v) is 7.08. The van der Waals surface area contributed by atoms with E-state index in [4.69, 9.17) is 9.47 Å². The Bertz CT molecular complexity index is 562. The zero-order valence-corrected chi connectivity index (χ0v) is 14.9. The summed E-state index contributed by atoms with van der Waals surface area (Å²) in [5.41, 5.74) is 0.423. The van der Waals surface area contributed by atoms with E-state index in [0.717, 1.165) is 18.0 Å². The number of morpholine rings is 1. The number of nitrogens with zero attached hydrogens (tertiary/aromatic N) is 1. The number of anilines is 1. The molecule has 0 radical (unpaired) electrons. The van der Waals surface area contributed by atoms with E-state index in [1.807, 2.05) is 20.8 Å². The number of hydrogen-bond acceptors (Lipinski definition) is 6. The summed E-state index contributed by atoms with van der Waals surface area (Å²) in [6, 6.07) is 1.75. The van der Waals surface area contributed by atoms with Gasteiger partial charge in [0.1, 0.15) is 5.00 Å². The summed E-state index contributed by atoms with van der Waals surface area (Å²) in [4.78, 5) is 27.3. The molecule has 2 heterocycles. The van der Waals surface area contributed by atoms with Gasteiger partial charge in [0.2, 0.25) is 5.91 Å². The van der Waals surface area contributed by atoms with Crippen LogP contribution < -0.4 is 5.32 Å². The maximum absolute atomic E-state index is 12.3. The predicted octanol–water partition coefficient (Wildman–Crippen LogP) is 2.28. The van der Waals surface area contributed by atoms with Crippen molar-refractivity contribution in [3.63, 3.8) is 0 Å². The Balaban J connectivity index is 1.99. The standard InChI is InChI=1S/C16H24N2O4S/c1-5-21-16(20)13-6-12(4)23-15(13)17-14(19)9-18-7-10(2)22-11(3)8-18/h6,10-11H,5,7-9H2,1-4H3,(H,17,19)/t10-,11+. The van der Waals surface area contributed by atoms with Gasteiger partial charge in [0, 0.05) is 18.0 Å². The number of aryl methyl sites for hydroxylation is 1. The predicted molar refractivity (Wildman–Crippen MR) is 90.1 cm³/mol. The van der Waals surface area contributed by atoms with Gasteiger partial charge in [-0.05, 0) is 33.8 Å². The quantitative estimate of drug-likeness (QED) is 0.833. The maximum Gasteiger partial charge on any atom is 0.341 e. The Kier molecular flexibility index (Phi) is 6.15. The topological polar surface area (TPSA) is 67.9 Å². The Morgan fingerprint density at radius 3 is 2.65 bits per heavy atom. The van der Waals surface area contributed by atoms with Crippen LogP contribution >= 0.6 is 11.3 Å². The highest BCUT2D eigenvalue weighted by Gasteiger charge is 2.24. The number of hydrogen-bond donors (Lipinski definition) is 1. The number of thiophene rings is 1. The molecular weight excluding hydrogens is 316 g/mol. The van der Waals surface area contributed by atoms with Gasteiger partial charge in [-0.2, -0.15) is 0 Å². The first-order valence-electron chi connectivity index (χ1n) is 7.84. The van der Waals surface area contributed by atoms with E-state index in [1.54, 1.807) is 13.0 Å². The first-order chi connectivity index (χ1) is 10.9. The van der Waals surface area contributed by atoms with Gasteiger partial charge in [0.25, 0.3) is 0 Å². The highest BCUT2D eigenvalue weighted by Crippen LogP contribution is 2.28. The largest absolute Gasteiger partial charge is 0.462 e. The van der Waals surface area contributed by atoms with E-state index < -0.39 is 5.97 Å². The van der Waals surface area contributed by atoms with Crippen LogP contribution in [0.5, 0.6) is 0 Å². The van der Waals surface area contributed by atoms with E-state index in [-0.39, 0.29) is 24.7 Å². The van der Waals surface area contributed by atoms with Gasteiger partial charge in [-0.1, -0.05) is 0 Å². The summed E-state index contributed by atoms with van der Waals surface area (Å²) in [6.07, 6.45) is 0.233. The van der Waals surface area contributed by atoms with Crippen molar-refractivity contribution in [1.29, 1.82) is 0 Å². The average Bonchev–Trinajstić information content (AvgIpc) is 2.78. The number of ether oxygens (including phenoxy) is 2. The van der Waals surface area contributed by atoms with Crippen LogP contribution in [-0.2, 0) is 14.3 Å². The highest BCUT2D eigenvalue weighted by molar-refractivity contribution is 7.16. The van der Waals surface area contributed by atoms with E-state index in [1.165, 1.54) is 11.3 Å². The summed E-state index contributed by atoms with van der Waals surface area (Å²) < 4.78 is 10.7. The molecule has 1 aliphatic rings. The molecule has 1 saturated heterocycles. The fraction of sp³-hybridized carbons (Fsp3) is 0.625. The van der Waals surface area contributed by atoms with Crippen LogP contribution in [0.1, 0.15) is 36.0 Å². The van der Waals surface area contributed by atoms with Gasteiger partial charge < -0.3 is 14.8 Å². The minimum absolute atomic E-state index is 0.116. The molecule has 2 atom stereocenters. The Morgan fingerprint density at radius 2 is 2.04 bits per heavy atom. The van der Waals surface area contributed by atoms with Crippen LogP contribution in [0.3, 0.4) is 0 Å². The average molecular weight is 340 g/mol. The van der Waals surface area contributed by atoms with Crippen LogP contribution in [-0.4, -0.2) is 55.2 Å². The third-order valence-corrected chi connectivity index (χ3v) is 4.43. The summed E-state index contributed by atoms with van der Waals surface area (Å²) in [5, 5.41) is 3.40. The Morgan fingerprint density at radius 1 is 1.39 bits per heavy atom. The number of carbonyl (C=O) groups excluding carboxylic acids is 2. The molecule has 1 aliphatic heterocycles. The summed E-state index contributed by atoms with van der Waals surface area (Å²) in [7, 11) is 0. The van der Waals surface area contributed by atoms with Crippen molar-refractivity contribution >= 4 is 28.2 Å². The smallest absolute Gasteiger partial charge is 0.341 e. The third-order valence-electron chi connectivity index (χ3n) is 3.47. The zero-order valence-electron chi connectivity index (χ0n) is 14.0. The number of carbonyl (C=O) groups is 2. The molecule has 0 aromatic carbocycles. The second-order valence-electron chi connectivity index (χ2n) is 5.82. The highest BCUT2D eigenvalue weighted by atomic mass is 32.1. The van der Waals surface area contributed by atoms with Crippen molar-refractivity contribution in [1.82, 2.24) is 4.90 Å². The van der Waals surface area contributed by atoms with Gasteiger partial charge in [0.05, 0.1) is 30.9 Å². The van der Waals surface area contributed by atoms with E-state index in [2.05, 4.69) is 10.2 Å². The molecule has 1 fully saturated rings. The third kappa shape index (κ3) is 5.02. The van der Waals surface area contributed by atoms with Gasteiger partial charge in [0.15, 0.2) is 0 Å². The minimum atomic E-state index is -0.402. The number of rotatable bonds is 5. The van der Waals surface area contributed by atoms with Crippen LogP contribution in [0, 0.1) is 6.92 Å². The van der Waals surface area contributed by atoms with Crippen molar-refractivity contribution in [2.45, 2.75) is 39.9 Å². The first kappa shape index (κ1) is 17.9. The molecule has 0 aliphatic carbocycles. The normalized spacial score (nSPS) is 21.9. The molecule has 1 N–H and O–H groups in total. The zero-order chi connectivity index (χ0) is 17.0.